The molecule has 1 N–H and O–H groups in total. The first-order chi connectivity index (χ1) is 12.9. The Morgan fingerprint density at radius 1 is 1.19 bits per heavy atom. The number of hydrogen-bond acceptors (Lipinski definition) is 6. The van der Waals surface area contributed by atoms with Crippen LogP contribution in [-0.4, -0.2) is 56.0 Å². The Labute approximate surface area is 160 Å². The zero-order valence-corrected chi connectivity index (χ0v) is 16.5. The number of nitrogens with zero attached hydrogens (tertiary/aromatic N) is 1. The van der Waals surface area contributed by atoms with Crippen molar-refractivity contribution in [3.8, 4) is 17.2 Å². The van der Waals surface area contributed by atoms with Crippen molar-refractivity contribution in [3.63, 3.8) is 0 Å². The molecule has 2 aliphatic heterocycles. The highest BCUT2D eigenvalue weighted by atomic mass is 16.6. The maximum Gasteiger partial charge on any atom is 0.412 e. The summed E-state index contributed by atoms with van der Waals surface area (Å²) in [5.41, 5.74) is -0.00432. The van der Waals surface area contributed by atoms with Crippen LogP contribution in [0, 0.1) is 0 Å². The lowest BCUT2D eigenvalue weighted by atomic mass is 10.2. The Morgan fingerprint density at radius 3 is 2.67 bits per heavy atom. The van der Waals surface area contributed by atoms with E-state index in [1.807, 2.05) is 20.8 Å². The molecule has 2 heterocycles. The zero-order valence-electron chi connectivity index (χ0n) is 16.5. The van der Waals surface area contributed by atoms with Gasteiger partial charge in [-0.2, -0.15) is 0 Å². The molecule has 0 aromatic heterocycles. The van der Waals surface area contributed by atoms with Crippen LogP contribution in [0.1, 0.15) is 40.0 Å². The van der Waals surface area contributed by atoms with Crippen molar-refractivity contribution in [2.45, 2.75) is 45.6 Å². The van der Waals surface area contributed by atoms with E-state index in [0.717, 1.165) is 13.0 Å². The minimum Gasteiger partial charge on any atom is -0.489 e. The molecular weight excluding hydrogens is 348 g/mol. The molecule has 27 heavy (non-hydrogen) atoms. The maximum atomic E-state index is 12.1. The van der Waals surface area contributed by atoms with E-state index in [1.165, 1.54) is 25.9 Å². The van der Waals surface area contributed by atoms with E-state index in [-0.39, 0.29) is 0 Å². The molecule has 0 aliphatic carbocycles. The number of carbonyl (C=O) groups excluding carboxylic acids is 1. The fourth-order valence-corrected chi connectivity index (χ4v) is 3.20. The molecule has 1 fully saturated rings. The summed E-state index contributed by atoms with van der Waals surface area (Å²) < 4.78 is 22.7. The van der Waals surface area contributed by atoms with E-state index in [4.69, 9.17) is 18.9 Å². The zero-order chi connectivity index (χ0) is 19.3. The van der Waals surface area contributed by atoms with Crippen molar-refractivity contribution >= 4 is 11.8 Å². The molecule has 0 saturated carbocycles. The van der Waals surface area contributed by atoms with Gasteiger partial charge in [0.05, 0.1) is 12.3 Å². The molecule has 0 spiro atoms. The van der Waals surface area contributed by atoms with Gasteiger partial charge in [0, 0.05) is 18.7 Å². The quantitative estimate of drug-likeness (QED) is 0.762. The van der Waals surface area contributed by atoms with Gasteiger partial charge in [0.15, 0.2) is 11.5 Å². The van der Waals surface area contributed by atoms with E-state index in [0.29, 0.717) is 42.8 Å². The van der Waals surface area contributed by atoms with Crippen molar-refractivity contribution in [1.82, 2.24) is 4.90 Å². The Kier molecular flexibility index (Phi) is 6.31. The highest BCUT2D eigenvalue weighted by Crippen LogP contribution is 2.42. The number of likely N-dealkylation sites (tertiary alicyclic amines) is 1. The largest absolute Gasteiger partial charge is 0.489 e. The minimum atomic E-state index is -0.563. The van der Waals surface area contributed by atoms with Crippen molar-refractivity contribution < 1.29 is 23.7 Å². The van der Waals surface area contributed by atoms with Crippen molar-refractivity contribution in [1.29, 1.82) is 0 Å². The molecule has 0 bridgehead atoms. The van der Waals surface area contributed by atoms with E-state index >= 15 is 0 Å². The van der Waals surface area contributed by atoms with Gasteiger partial charge < -0.3 is 23.8 Å². The lowest BCUT2D eigenvalue weighted by molar-refractivity contribution is 0.0636. The van der Waals surface area contributed by atoms with Crippen LogP contribution in [0.2, 0.25) is 0 Å². The number of fused-ring (bicyclic) bond motifs is 1. The first kappa shape index (κ1) is 19.6. The predicted octanol–water partition coefficient (Wildman–Crippen LogP) is 3.67. The molecule has 1 aromatic carbocycles. The number of carbonyl (C=O) groups is 1. The van der Waals surface area contributed by atoms with Gasteiger partial charge in [-0.25, -0.2) is 4.79 Å². The average Bonchev–Trinajstić information content (AvgIpc) is 3.10. The van der Waals surface area contributed by atoms with Crippen LogP contribution in [0.5, 0.6) is 17.2 Å². The van der Waals surface area contributed by atoms with Crippen molar-refractivity contribution in [3.05, 3.63) is 12.1 Å². The number of anilines is 1. The molecule has 2 aliphatic rings. The number of hydrogen-bond donors (Lipinski definition) is 1. The average molecular weight is 378 g/mol. The fraction of sp³-hybridized carbons (Fsp3) is 0.650. The summed E-state index contributed by atoms with van der Waals surface area (Å²) in [5, 5.41) is 2.74. The second-order valence-corrected chi connectivity index (χ2v) is 7.88. The first-order valence-electron chi connectivity index (χ1n) is 9.69. The number of amides is 1. The van der Waals surface area contributed by atoms with E-state index < -0.39 is 11.7 Å². The summed E-state index contributed by atoms with van der Waals surface area (Å²) in [6, 6.07) is 3.49. The maximum absolute atomic E-state index is 12.1. The minimum absolute atomic E-state index is 0.470. The van der Waals surface area contributed by atoms with Crippen LogP contribution in [0.3, 0.4) is 0 Å². The van der Waals surface area contributed by atoms with Gasteiger partial charge >= 0.3 is 6.09 Å². The molecule has 0 radical (unpaired) electrons. The molecule has 0 unspecified atom stereocenters. The van der Waals surface area contributed by atoms with E-state index in [1.54, 1.807) is 12.1 Å². The van der Waals surface area contributed by atoms with Crippen LogP contribution in [0.4, 0.5) is 10.5 Å². The SMILES string of the molecule is CC(C)(C)OC(=O)Nc1cc(OCCCN2CCCC2)c2c(c1)OCCO2. The number of nitrogens with one attached hydrogen (secondary N) is 1. The third-order valence-electron chi connectivity index (χ3n) is 4.33. The number of benzene rings is 1. The van der Waals surface area contributed by atoms with Gasteiger partial charge in [0.25, 0.3) is 0 Å². The van der Waals surface area contributed by atoms with Crippen LogP contribution in [0.25, 0.3) is 0 Å². The Hall–Kier alpha value is -2.15. The van der Waals surface area contributed by atoms with Gasteiger partial charge in [0.2, 0.25) is 5.75 Å². The topological polar surface area (TPSA) is 69.3 Å². The van der Waals surface area contributed by atoms with Crippen LogP contribution in [0.15, 0.2) is 12.1 Å². The first-order valence-corrected chi connectivity index (χ1v) is 9.69. The number of ether oxygens (including phenoxy) is 4. The lowest BCUT2D eigenvalue weighted by Gasteiger charge is -2.23. The second-order valence-electron chi connectivity index (χ2n) is 7.88. The molecule has 1 amide bonds. The van der Waals surface area contributed by atoms with Gasteiger partial charge in [-0.05, 0) is 53.1 Å². The second kappa shape index (κ2) is 8.69. The summed E-state index contributed by atoms with van der Waals surface area (Å²) >= 11 is 0. The smallest absolute Gasteiger partial charge is 0.412 e. The standard InChI is InChI=1S/C20H30N2O5/c1-20(2,3)27-19(23)21-15-13-16(18-17(14-15)25-11-12-26-18)24-10-6-9-22-7-4-5-8-22/h13-14H,4-12H2,1-3H3,(H,21,23). The van der Waals surface area contributed by atoms with Gasteiger partial charge in [-0.3, -0.25) is 5.32 Å². The molecule has 3 rings (SSSR count). The van der Waals surface area contributed by atoms with Crippen LogP contribution in [-0.2, 0) is 4.74 Å². The normalized spacial score (nSPS) is 16.9. The third kappa shape index (κ3) is 5.92. The molecular formula is C20H30N2O5. The third-order valence-corrected chi connectivity index (χ3v) is 4.33. The molecule has 7 nitrogen and oxygen atoms in total. The van der Waals surface area contributed by atoms with Gasteiger partial charge in [-0.1, -0.05) is 0 Å². The molecule has 0 atom stereocenters. The van der Waals surface area contributed by atoms with Gasteiger partial charge in [-0.15, -0.1) is 0 Å². The van der Waals surface area contributed by atoms with Gasteiger partial charge in [0.1, 0.15) is 18.8 Å². The highest BCUT2D eigenvalue weighted by Gasteiger charge is 2.22. The van der Waals surface area contributed by atoms with Crippen LogP contribution < -0.4 is 19.5 Å². The predicted molar refractivity (Wildman–Crippen MR) is 103 cm³/mol. The summed E-state index contributed by atoms with van der Waals surface area (Å²) in [7, 11) is 0. The molecule has 1 aromatic rings. The summed E-state index contributed by atoms with van der Waals surface area (Å²) in [6.07, 6.45) is 3.01. The fourth-order valence-electron chi connectivity index (χ4n) is 3.20. The molecule has 1 saturated heterocycles. The summed E-state index contributed by atoms with van der Waals surface area (Å²) in [5.74, 6) is 1.75. The monoisotopic (exact) mass is 378 g/mol. The lowest BCUT2D eigenvalue weighted by Crippen LogP contribution is -2.27. The Bertz CT molecular complexity index is 651. The highest BCUT2D eigenvalue weighted by molar-refractivity contribution is 5.86. The van der Waals surface area contributed by atoms with Crippen molar-refractivity contribution in [2.24, 2.45) is 0 Å². The Morgan fingerprint density at radius 2 is 1.93 bits per heavy atom. The molecule has 150 valence electrons. The van der Waals surface area contributed by atoms with E-state index in [2.05, 4.69) is 10.2 Å². The summed E-state index contributed by atoms with van der Waals surface area (Å²) in [4.78, 5) is 14.5. The summed E-state index contributed by atoms with van der Waals surface area (Å²) in [6.45, 7) is 10.4. The van der Waals surface area contributed by atoms with E-state index in [9.17, 15) is 4.79 Å². The number of rotatable bonds is 6. The molecule has 7 heteroatoms. The Balaban J connectivity index is 1.63. The van der Waals surface area contributed by atoms with Crippen molar-refractivity contribution in [2.75, 3.05) is 44.8 Å². The van der Waals surface area contributed by atoms with Crippen LogP contribution >= 0.6 is 0 Å².